The second-order valence-electron chi connectivity index (χ2n) is 7.50. The SMILES string of the molecule is Cc1cc(C(=O)N2CCC(C)CC2)ccc1NC(=O)[C@H]1NCCO[C@@H]1C.Cl. The largest absolute Gasteiger partial charge is 0.375 e. The Morgan fingerprint density at radius 1 is 1.22 bits per heavy atom. The summed E-state index contributed by atoms with van der Waals surface area (Å²) in [5, 5.41) is 6.14. The summed E-state index contributed by atoms with van der Waals surface area (Å²) in [5.74, 6) is 0.663. The van der Waals surface area contributed by atoms with Crippen LogP contribution < -0.4 is 10.6 Å². The zero-order valence-electron chi connectivity index (χ0n) is 16.3. The van der Waals surface area contributed by atoms with Crippen molar-refractivity contribution in [3.8, 4) is 0 Å². The zero-order valence-corrected chi connectivity index (χ0v) is 17.1. The van der Waals surface area contributed by atoms with Crippen LogP contribution in [0.2, 0.25) is 0 Å². The number of ether oxygens (including phenoxy) is 1. The number of carbonyl (C=O) groups is 2. The number of hydrogen-bond acceptors (Lipinski definition) is 4. The molecule has 150 valence electrons. The molecule has 3 rings (SSSR count). The first-order valence-electron chi connectivity index (χ1n) is 9.51. The molecule has 27 heavy (non-hydrogen) atoms. The fraction of sp³-hybridized carbons (Fsp3) is 0.600. The molecular formula is C20H30ClN3O3. The lowest BCUT2D eigenvalue weighted by Crippen LogP contribution is -2.53. The van der Waals surface area contributed by atoms with Gasteiger partial charge in [0, 0.05) is 30.9 Å². The molecule has 0 saturated carbocycles. The lowest BCUT2D eigenvalue weighted by Gasteiger charge is -2.30. The third-order valence-corrected chi connectivity index (χ3v) is 5.40. The Bertz CT molecular complexity index is 674. The molecule has 2 aliphatic heterocycles. The fourth-order valence-corrected chi connectivity index (χ4v) is 3.57. The van der Waals surface area contributed by atoms with Crippen LogP contribution in [0.5, 0.6) is 0 Å². The van der Waals surface area contributed by atoms with Crippen LogP contribution in [0.15, 0.2) is 18.2 Å². The second-order valence-corrected chi connectivity index (χ2v) is 7.50. The van der Waals surface area contributed by atoms with Crippen LogP contribution in [-0.2, 0) is 9.53 Å². The van der Waals surface area contributed by atoms with E-state index < -0.39 is 0 Å². The molecule has 6 nitrogen and oxygen atoms in total. The first-order valence-corrected chi connectivity index (χ1v) is 9.51. The van der Waals surface area contributed by atoms with Crippen molar-refractivity contribution in [3.63, 3.8) is 0 Å². The number of hydrogen-bond donors (Lipinski definition) is 2. The summed E-state index contributed by atoms with van der Waals surface area (Å²) in [7, 11) is 0. The molecule has 2 fully saturated rings. The molecule has 1 aromatic rings. The van der Waals surface area contributed by atoms with Gasteiger partial charge < -0.3 is 20.3 Å². The van der Waals surface area contributed by atoms with Crippen LogP contribution in [0.25, 0.3) is 0 Å². The Hall–Kier alpha value is -1.63. The Kier molecular flexibility index (Phi) is 7.65. The van der Waals surface area contributed by atoms with E-state index in [0.717, 1.165) is 37.2 Å². The van der Waals surface area contributed by atoms with Crippen LogP contribution in [0.1, 0.15) is 42.6 Å². The van der Waals surface area contributed by atoms with Crippen molar-refractivity contribution >= 4 is 29.9 Å². The number of nitrogens with zero attached hydrogens (tertiary/aromatic N) is 1. The monoisotopic (exact) mass is 395 g/mol. The standard InChI is InChI=1S/C20H29N3O3.ClH/c1-13-6-9-23(10-7-13)20(25)16-4-5-17(14(2)12-16)22-19(24)18-15(3)26-11-8-21-18;/h4-5,12-13,15,18,21H,6-11H2,1-3H3,(H,22,24);1H/t15-,18+;/m1./s1. The summed E-state index contributed by atoms with van der Waals surface area (Å²) in [6.07, 6.45) is 1.97. The smallest absolute Gasteiger partial charge is 0.253 e. The number of likely N-dealkylation sites (tertiary alicyclic amines) is 1. The van der Waals surface area contributed by atoms with E-state index in [1.807, 2.05) is 30.9 Å². The normalized spacial score (nSPS) is 23.4. The van der Waals surface area contributed by atoms with Gasteiger partial charge in [-0.2, -0.15) is 0 Å². The number of nitrogens with one attached hydrogen (secondary N) is 2. The van der Waals surface area contributed by atoms with Gasteiger partial charge >= 0.3 is 0 Å². The summed E-state index contributed by atoms with van der Waals surface area (Å²) in [6.45, 7) is 8.98. The molecule has 1 aromatic carbocycles. The third kappa shape index (κ3) is 5.21. The Morgan fingerprint density at radius 2 is 1.93 bits per heavy atom. The highest BCUT2D eigenvalue weighted by atomic mass is 35.5. The van der Waals surface area contributed by atoms with Gasteiger partial charge in [0.2, 0.25) is 5.91 Å². The van der Waals surface area contributed by atoms with E-state index >= 15 is 0 Å². The van der Waals surface area contributed by atoms with E-state index in [1.54, 1.807) is 6.07 Å². The van der Waals surface area contributed by atoms with Crippen molar-refractivity contribution in [1.29, 1.82) is 0 Å². The molecule has 7 heteroatoms. The molecule has 0 unspecified atom stereocenters. The summed E-state index contributed by atoms with van der Waals surface area (Å²) in [4.78, 5) is 27.1. The minimum absolute atomic E-state index is 0. The number of rotatable bonds is 3. The molecule has 2 atom stereocenters. The summed E-state index contributed by atoms with van der Waals surface area (Å²) in [6, 6.07) is 5.13. The molecule has 2 heterocycles. The van der Waals surface area contributed by atoms with E-state index in [2.05, 4.69) is 17.6 Å². The maximum Gasteiger partial charge on any atom is 0.253 e. The van der Waals surface area contributed by atoms with Gasteiger partial charge in [0.25, 0.3) is 5.91 Å². The van der Waals surface area contributed by atoms with Crippen LogP contribution in [0.3, 0.4) is 0 Å². The van der Waals surface area contributed by atoms with Gasteiger partial charge in [-0.15, -0.1) is 12.4 Å². The first-order chi connectivity index (χ1) is 12.5. The van der Waals surface area contributed by atoms with Gasteiger partial charge in [-0.1, -0.05) is 6.92 Å². The quantitative estimate of drug-likeness (QED) is 0.825. The van der Waals surface area contributed by atoms with Crippen LogP contribution in [0.4, 0.5) is 5.69 Å². The van der Waals surface area contributed by atoms with Crippen molar-refractivity contribution in [3.05, 3.63) is 29.3 Å². The predicted molar refractivity (Wildman–Crippen MR) is 109 cm³/mol. The van der Waals surface area contributed by atoms with Crippen molar-refractivity contribution < 1.29 is 14.3 Å². The van der Waals surface area contributed by atoms with Gasteiger partial charge in [-0.05, 0) is 56.4 Å². The third-order valence-electron chi connectivity index (χ3n) is 5.40. The minimum atomic E-state index is -0.361. The fourth-order valence-electron chi connectivity index (χ4n) is 3.57. The summed E-state index contributed by atoms with van der Waals surface area (Å²) >= 11 is 0. The molecule has 2 N–H and O–H groups in total. The average Bonchev–Trinajstić information content (AvgIpc) is 2.63. The molecule has 2 aliphatic rings. The minimum Gasteiger partial charge on any atom is -0.375 e. The molecule has 0 spiro atoms. The van der Waals surface area contributed by atoms with Gasteiger partial charge in [-0.3, -0.25) is 9.59 Å². The molecule has 0 aromatic heterocycles. The maximum absolute atomic E-state index is 12.7. The maximum atomic E-state index is 12.7. The Labute approximate surface area is 167 Å². The lowest BCUT2D eigenvalue weighted by atomic mass is 9.98. The topological polar surface area (TPSA) is 70.7 Å². The molecule has 0 aliphatic carbocycles. The average molecular weight is 396 g/mol. The molecule has 0 radical (unpaired) electrons. The zero-order chi connectivity index (χ0) is 18.7. The van der Waals surface area contributed by atoms with Crippen molar-refractivity contribution in [1.82, 2.24) is 10.2 Å². The Morgan fingerprint density at radius 3 is 2.56 bits per heavy atom. The van der Waals surface area contributed by atoms with E-state index in [-0.39, 0.29) is 36.4 Å². The number of piperidine rings is 1. The highest BCUT2D eigenvalue weighted by molar-refractivity contribution is 5.98. The van der Waals surface area contributed by atoms with Gasteiger partial charge in [0.15, 0.2) is 0 Å². The highest BCUT2D eigenvalue weighted by Gasteiger charge is 2.28. The van der Waals surface area contributed by atoms with E-state index in [9.17, 15) is 9.59 Å². The number of anilines is 1. The van der Waals surface area contributed by atoms with Crippen LogP contribution in [-0.4, -0.2) is 55.1 Å². The van der Waals surface area contributed by atoms with Crippen LogP contribution in [0, 0.1) is 12.8 Å². The second kappa shape index (κ2) is 9.53. The molecular weight excluding hydrogens is 366 g/mol. The Balaban J connectivity index is 0.00000261. The van der Waals surface area contributed by atoms with E-state index in [0.29, 0.717) is 24.6 Å². The molecule has 2 amide bonds. The summed E-state index contributed by atoms with van der Waals surface area (Å²) < 4.78 is 5.53. The molecule has 2 saturated heterocycles. The van der Waals surface area contributed by atoms with Gasteiger partial charge in [-0.25, -0.2) is 0 Å². The van der Waals surface area contributed by atoms with E-state index in [1.165, 1.54) is 0 Å². The predicted octanol–water partition coefficient (Wildman–Crippen LogP) is 2.60. The van der Waals surface area contributed by atoms with Crippen molar-refractivity contribution in [2.45, 2.75) is 45.8 Å². The van der Waals surface area contributed by atoms with Gasteiger partial charge in [0.05, 0.1) is 12.7 Å². The van der Waals surface area contributed by atoms with Crippen LogP contribution >= 0.6 is 12.4 Å². The van der Waals surface area contributed by atoms with Gasteiger partial charge in [0.1, 0.15) is 6.04 Å². The highest BCUT2D eigenvalue weighted by Crippen LogP contribution is 2.22. The van der Waals surface area contributed by atoms with Crippen molar-refractivity contribution in [2.24, 2.45) is 5.92 Å². The number of amides is 2. The summed E-state index contributed by atoms with van der Waals surface area (Å²) in [5.41, 5.74) is 2.31. The number of halogens is 1. The number of aryl methyl sites for hydroxylation is 1. The molecule has 0 bridgehead atoms. The number of morpholine rings is 1. The van der Waals surface area contributed by atoms with E-state index in [4.69, 9.17) is 4.74 Å². The lowest BCUT2D eigenvalue weighted by molar-refractivity contribution is -0.123. The first kappa shape index (κ1) is 21.7. The number of carbonyl (C=O) groups excluding carboxylic acids is 2. The number of benzene rings is 1. The van der Waals surface area contributed by atoms with Crippen molar-refractivity contribution in [2.75, 3.05) is 31.6 Å².